The summed E-state index contributed by atoms with van der Waals surface area (Å²) in [5.41, 5.74) is 1.35. The molecule has 0 aliphatic heterocycles. The van der Waals surface area contributed by atoms with Gasteiger partial charge in [-0.1, -0.05) is 35.3 Å². The number of halogens is 5. The van der Waals surface area contributed by atoms with Crippen LogP contribution in [-0.4, -0.2) is 26.7 Å². The Labute approximate surface area is 162 Å². The highest BCUT2D eigenvalue weighted by Gasteiger charge is 2.35. The van der Waals surface area contributed by atoms with E-state index in [1.807, 2.05) is 0 Å². The zero-order valence-electron chi connectivity index (χ0n) is 13.6. The second-order valence-corrected chi connectivity index (χ2v) is 6.70. The van der Waals surface area contributed by atoms with Gasteiger partial charge in [0.05, 0.1) is 11.6 Å². The predicted octanol–water partition coefficient (Wildman–Crippen LogP) is 5.23. The molecule has 9 heteroatoms. The van der Waals surface area contributed by atoms with E-state index in [9.17, 15) is 18.0 Å². The molecule has 3 aromatic rings. The third-order valence-electron chi connectivity index (χ3n) is 3.82. The lowest BCUT2D eigenvalue weighted by atomic mass is 9.86. The highest BCUT2D eigenvalue weighted by molar-refractivity contribution is 6.34. The van der Waals surface area contributed by atoms with Crippen LogP contribution in [-0.2, 0) is 4.79 Å². The second kappa shape index (κ2) is 7.70. The zero-order chi connectivity index (χ0) is 19.6. The topological polar surface area (TPSA) is 47.8 Å². The maximum absolute atomic E-state index is 12.8. The van der Waals surface area contributed by atoms with Gasteiger partial charge < -0.3 is 0 Å². The molecule has 140 valence electrons. The molecule has 0 radical (unpaired) electrons. The fraction of sp³-hybridized carbons (Fsp3) is 0.167. The average molecular weight is 414 g/mol. The van der Waals surface area contributed by atoms with E-state index in [1.165, 1.54) is 35.5 Å². The summed E-state index contributed by atoms with van der Waals surface area (Å²) in [6, 6.07) is 10.8. The van der Waals surface area contributed by atoms with Crippen molar-refractivity contribution in [3.05, 3.63) is 76.3 Å². The molecular weight excluding hydrogens is 402 g/mol. The number of benzene rings is 2. The summed E-state index contributed by atoms with van der Waals surface area (Å²) in [7, 11) is 0. The van der Waals surface area contributed by atoms with E-state index >= 15 is 0 Å². The van der Waals surface area contributed by atoms with Gasteiger partial charge in [0.25, 0.3) is 0 Å². The SMILES string of the molecule is O=C(CC(F)(F)F)C(c1ccc(-n2cncn2)cc1)c1cc(Cl)cc(Cl)c1. The van der Waals surface area contributed by atoms with Crippen LogP contribution in [0.1, 0.15) is 23.5 Å². The van der Waals surface area contributed by atoms with Crippen LogP contribution in [0.15, 0.2) is 55.1 Å². The zero-order valence-corrected chi connectivity index (χ0v) is 15.1. The Morgan fingerprint density at radius 1 is 1.04 bits per heavy atom. The van der Waals surface area contributed by atoms with Crippen LogP contribution < -0.4 is 0 Å². The number of ketones is 1. The molecule has 1 heterocycles. The van der Waals surface area contributed by atoms with Crippen molar-refractivity contribution in [2.24, 2.45) is 0 Å². The maximum atomic E-state index is 12.8. The molecule has 4 nitrogen and oxygen atoms in total. The van der Waals surface area contributed by atoms with Gasteiger partial charge in [0.2, 0.25) is 0 Å². The van der Waals surface area contributed by atoms with Crippen LogP contribution in [0.4, 0.5) is 13.2 Å². The number of rotatable bonds is 5. The number of carbonyl (C=O) groups excluding carboxylic acids is 1. The van der Waals surface area contributed by atoms with Crippen molar-refractivity contribution >= 4 is 29.0 Å². The third kappa shape index (κ3) is 4.87. The summed E-state index contributed by atoms with van der Waals surface area (Å²) in [4.78, 5) is 16.3. The van der Waals surface area contributed by atoms with Crippen molar-refractivity contribution in [2.45, 2.75) is 18.5 Å². The molecule has 1 atom stereocenters. The number of alkyl halides is 3. The predicted molar refractivity (Wildman–Crippen MR) is 95.3 cm³/mol. The van der Waals surface area contributed by atoms with E-state index in [0.717, 1.165) is 0 Å². The summed E-state index contributed by atoms with van der Waals surface area (Å²) in [5, 5.41) is 4.46. The van der Waals surface area contributed by atoms with Gasteiger partial charge >= 0.3 is 6.18 Å². The van der Waals surface area contributed by atoms with Crippen LogP contribution in [0.3, 0.4) is 0 Å². The molecule has 0 amide bonds. The third-order valence-corrected chi connectivity index (χ3v) is 4.26. The van der Waals surface area contributed by atoms with Crippen LogP contribution in [0, 0.1) is 0 Å². The molecule has 1 aromatic heterocycles. The van der Waals surface area contributed by atoms with Crippen molar-refractivity contribution in [3.63, 3.8) is 0 Å². The molecule has 0 aliphatic carbocycles. The lowest BCUT2D eigenvalue weighted by Gasteiger charge is -2.19. The van der Waals surface area contributed by atoms with Crippen molar-refractivity contribution in [3.8, 4) is 5.69 Å². The van der Waals surface area contributed by atoms with E-state index < -0.39 is 24.3 Å². The molecule has 0 N–H and O–H groups in total. The molecule has 0 bridgehead atoms. The number of hydrogen-bond acceptors (Lipinski definition) is 3. The van der Waals surface area contributed by atoms with Crippen molar-refractivity contribution in [2.75, 3.05) is 0 Å². The van der Waals surface area contributed by atoms with E-state index in [-0.39, 0.29) is 10.0 Å². The van der Waals surface area contributed by atoms with Gasteiger partial charge in [-0.3, -0.25) is 4.79 Å². The van der Waals surface area contributed by atoms with Crippen LogP contribution in [0.2, 0.25) is 10.0 Å². The molecule has 27 heavy (non-hydrogen) atoms. The lowest BCUT2D eigenvalue weighted by Crippen LogP contribution is -2.22. The van der Waals surface area contributed by atoms with E-state index in [4.69, 9.17) is 23.2 Å². The van der Waals surface area contributed by atoms with Crippen molar-refractivity contribution < 1.29 is 18.0 Å². The molecule has 0 saturated heterocycles. The van der Waals surface area contributed by atoms with E-state index in [2.05, 4.69) is 10.1 Å². The Hall–Kier alpha value is -2.38. The Bertz CT molecular complexity index is 921. The minimum Gasteiger partial charge on any atom is -0.298 e. The normalized spacial score (nSPS) is 12.8. The van der Waals surface area contributed by atoms with Gasteiger partial charge in [-0.15, -0.1) is 0 Å². The van der Waals surface area contributed by atoms with Crippen LogP contribution in [0.5, 0.6) is 0 Å². The average Bonchev–Trinajstić information content (AvgIpc) is 3.07. The van der Waals surface area contributed by atoms with E-state index in [0.29, 0.717) is 16.8 Å². The first-order valence-electron chi connectivity index (χ1n) is 7.73. The van der Waals surface area contributed by atoms with Crippen molar-refractivity contribution in [1.82, 2.24) is 14.8 Å². The minimum absolute atomic E-state index is 0.238. The fourth-order valence-electron chi connectivity index (χ4n) is 2.77. The molecule has 2 aromatic carbocycles. The Morgan fingerprint density at radius 2 is 1.67 bits per heavy atom. The van der Waals surface area contributed by atoms with Crippen LogP contribution in [0.25, 0.3) is 5.69 Å². The first-order chi connectivity index (χ1) is 12.7. The molecule has 0 fully saturated rings. The Morgan fingerprint density at radius 3 is 2.19 bits per heavy atom. The van der Waals surface area contributed by atoms with Crippen LogP contribution >= 0.6 is 23.2 Å². The summed E-state index contributed by atoms with van der Waals surface area (Å²) in [6.45, 7) is 0. The van der Waals surface area contributed by atoms with Gasteiger partial charge in [0.1, 0.15) is 19.1 Å². The summed E-state index contributed by atoms with van der Waals surface area (Å²) in [5.74, 6) is -2.14. The lowest BCUT2D eigenvalue weighted by molar-refractivity contribution is -0.152. The fourth-order valence-corrected chi connectivity index (χ4v) is 3.31. The first kappa shape index (κ1) is 19.4. The second-order valence-electron chi connectivity index (χ2n) is 5.83. The molecule has 0 spiro atoms. The number of Topliss-reactive ketones (excluding diaryl/α,β-unsaturated/α-hetero) is 1. The number of nitrogens with zero attached hydrogens (tertiary/aromatic N) is 3. The monoisotopic (exact) mass is 413 g/mol. The van der Waals surface area contributed by atoms with Crippen molar-refractivity contribution in [1.29, 1.82) is 0 Å². The Balaban J connectivity index is 2.02. The van der Waals surface area contributed by atoms with Gasteiger partial charge in [0.15, 0.2) is 5.78 Å². The smallest absolute Gasteiger partial charge is 0.298 e. The largest absolute Gasteiger partial charge is 0.395 e. The minimum atomic E-state index is -4.61. The molecule has 0 saturated carbocycles. The number of aromatic nitrogens is 3. The van der Waals surface area contributed by atoms with Gasteiger partial charge in [-0.2, -0.15) is 18.3 Å². The van der Waals surface area contributed by atoms with Gasteiger partial charge in [0, 0.05) is 10.0 Å². The maximum Gasteiger partial charge on any atom is 0.395 e. The van der Waals surface area contributed by atoms with Gasteiger partial charge in [-0.05, 0) is 41.5 Å². The molecule has 1 unspecified atom stereocenters. The summed E-state index contributed by atoms with van der Waals surface area (Å²) < 4.78 is 39.9. The van der Waals surface area contributed by atoms with E-state index in [1.54, 1.807) is 24.3 Å². The summed E-state index contributed by atoms with van der Waals surface area (Å²) in [6.07, 6.45) is -3.32. The molecular formula is C18H12Cl2F3N3O. The highest BCUT2D eigenvalue weighted by atomic mass is 35.5. The summed E-state index contributed by atoms with van der Waals surface area (Å²) >= 11 is 12.0. The quantitative estimate of drug-likeness (QED) is 0.575. The van der Waals surface area contributed by atoms with Gasteiger partial charge in [-0.25, -0.2) is 9.67 Å². The molecule has 0 aliphatic rings. The molecule has 3 rings (SSSR count). The first-order valence-corrected chi connectivity index (χ1v) is 8.49. The highest BCUT2D eigenvalue weighted by Crippen LogP contribution is 2.34. The standard InChI is InChI=1S/C18H12Cl2F3N3O/c19-13-5-12(6-14(20)7-13)17(16(27)8-18(21,22)23)11-1-3-15(4-2-11)26-10-24-9-25-26/h1-7,9-10,17H,8H2. The Kier molecular flexibility index (Phi) is 5.53. The number of hydrogen-bond donors (Lipinski definition) is 0. The number of carbonyl (C=O) groups is 1.